The number of nitrogens with one attached hydrogen (secondary N) is 1. The molecule has 0 aliphatic rings. The quantitative estimate of drug-likeness (QED) is 0.816. The smallest absolute Gasteiger partial charge is 0.0400 e. The van der Waals surface area contributed by atoms with Gasteiger partial charge in [0.05, 0.1) is 0 Å². The van der Waals surface area contributed by atoms with Gasteiger partial charge in [-0.25, -0.2) is 0 Å². The zero-order valence-electron chi connectivity index (χ0n) is 9.61. The summed E-state index contributed by atoms with van der Waals surface area (Å²) in [4.78, 5) is 1.28. The van der Waals surface area contributed by atoms with Crippen LogP contribution in [-0.2, 0) is 6.54 Å². The van der Waals surface area contributed by atoms with Crippen molar-refractivity contribution in [2.24, 2.45) is 0 Å². The molecule has 0 spiro atoms. The van der Waals surface area contributed by atoms with Crippen LogP contribution in [-0.4, -0.2) is 6.26 Å². The molecule has 0 heterocycles. The maximum Gasteiger partial charge on any atom is 0.0400 e. The first kappa shape index (κ1) is 12.5. The number of thioether (sulfide) groups is 1. The molecule has 0 atom stereocenters. The fourth-order valence-corrected chi connectivity index (χ4v) is 2.26. The minimum Gasteiger partial charge on any atom is -0.381 e. The van der Waals surface area contributed by atoms with Crippen LogP contribution < -0.4 is 5.32 Å². The molecule has 0 saturated carbocycles. The number of anilines is 1. The van der Waals surface area contributed by atoms with Crippen molar-refractivity contribution in [2.75, 3.05) is 11.6 Å². The van der Waals surface area contributed by atoms with E-state index in [-0.39, 0.29) is 0 Å². The van der Waals surface area contributed by atoms with E-state index in [0.29, 0.717) is 0 Å². The monoisotopic (exact) mass is 307 g/mol. The van der Waals surface area contributed by atoms with Crippen LogP contribution in [0.25, 0.3) is 0 Å². The highest BCUT2D eigenvalue weighted by atomic mass is 79.9. The fourth-order valence-electron chi connectivity index (χ4n) is 1.54. The van der Waals surface area contributed by atoms with Crippen LogP contribution in [0.2, 0.25) is 0 Å². The van der Waals surface area contributed by atoms with Crippen molar-refractivity contribution in [1.29, 1.82) is 0 Å². The zero-order chi connectivity index (χ0) is 12.1. The lowest BCUT2D eigenvalue weighted by molar-refractivity contribution is 1.14. The van der Waals surface area contributed by atoms with Crippen molar-refractivity contribution in [3.05, 3.63) is 58.6 Å². The molecule has 0 aromatic heterocycles. The minimum atomic E-state index is 0.852. The molecule has 1 nitrogen and oxygen atoms in total. The Morgan fingerprint density at radius 3 is 2.59 bits per heavy atom. The molecule has 88 valence electrons. The first-order chi connectivity index (χ1) is 8.28. The van der Waals surface area contributed by atoms with Gasteiger partial charge in [-0.3, -0.25) is 0 Å². The Bertz CT molecular complexity index is 482. The molecule has 0 bridgehead atoms. The summed E-state index contributed by atoms with van der Waals surface area (Å²) in [7, 11) is 0. The van der Waals surface area contributed by atoms with Gasteiger partial charge in [0, 0.05) is 21.6 Å². The van der Waals surface area contributed by atoms with E-state index in [1.165, 1.54) is 16.1 Å². The second-order valence-corrected chi connectivity index (χ2v) is 5.51. The number of benzene rings is 2. The van der Waals surface area contributed by atoms with Crippen molar-refractivity contribution in [1.82, 2.24) is 0 Å². The van der Waals surface area contributed by atoms with Crippen molar-refractivity contribution in [2.45, 2.75) is 11.4 Å². The lowest BCUT2D eigenvalue weighted by Gasteiger charge is -2.07. The predicted octanol–water partition coefficient (Wildman–Crippen LogP) is 4.78. The standard InChI is InChI=1S/C14H14BrNS/c1-17-14-4-2-3-13(9-14)16-10-11-5-7-12(15)8-6-11/h2-9,16H,10H2,1H3. The van der Waals surface area contributed by atoms with Crippen LogP contribution >= 0.6 is 27.7 Å². The third-order valence-electron chi connectivity index (χ3n) is 2.48. The Hall–Kier alpha value is -0.930. The molecular formula is C14H14BrNS. The molecule has 1 N–H and O–H groups in total. The van der Waals surface area contributed by atoms with Crippen molar-refractivity contribution < 1.29 is 0 Å². The van der Waals surface area contributed by atoms with Gasteiger partial charge in [-0.15, -0.1) is 11.8 Å². The maximum absolute atomic E-state index is 3.44. The summed E-state index contributed by atoms with van der Waals surface area (Å²) >= 11 is 5.20. The maximum atomic E-state index is 3.44. The van der Waals surface area contributed by atoms with Crippen LogP contribution in [0.4, 0.5) is 5.69 Å². The van der Waals surface area contributed by atoms with E-state index >= 15 is 0 Å². The molecule has 3 heteroatoms. The van der Waals surface area contributed by atoms with Gasteiger partial charge in [0.15, 0.2) is 0 Å². The first-order valence-electron chi connectivity index (χ1n) is 5.40. The second kappa shape index (κ2) is 6.12. The summed E-state index contributed by atoms with van der Waals surface area (Å²) in [5, 5.41) is 3.43. The normalized spacial score (nSPS) is 10.2. The molecule has 0 fully saturated rings. The van der Waals surface area contributed by atoms with Crippen LogP contribution in [0.1, 0.15) is 5.56 Å². The topological polar surface area (TPSA) is 12.0 Å². The largest absolute Gasteiger partial charge is 0.381 e. The van der Waals surface area contributed by atoms with Crippen LogP contribution in [0.5, 0.6) is 0 Å². The van der Waals surface area contributed by atoms with Gasteiger partial charge in [-0.1, -0.05) is 34.1 Å². The first-order valence-corrected chi connectivity index (χ1v) is 7.42. The van der Waals surface area contributed by atoms with Crippen molar-refractivity contribution >= 4 is 33.4 Å². The summed E-state index contributed by atoms with van der Waals surface area (Å²) < 4.78 is 1.12. The van der Waals surface area contributed by atoms with E-state index in [1.807, 2.05) is 0 Å². The molecule has 17 heavy (non-hydrogen) atoms. The van der Waals surface area contributed by atoms with Crippen LogP contribution in [0.15, 0.2) is 57.9 Å². The molecule has 0 unspecified atom stereocenters. The summed E-state index contributed by atoms with van der Waals surface area (Å²) in [6, 6.07) is 16.8. The number of hydrogen-bond donors (Lipinski definition) is 1. The molecule has 0 saturated heterocycles. The summed E-state index contributed by atoms with van der Waals surface area (Å²) in [5.41, 5.74) is 2.45. The molecule has 2 aromatic carbocycles. The molecule has 0 aliphatic heterocycles. The number of hydrogen-bond acceptors (Lipinski definition) is 2. The van der Waals surface area contributed by atoms with E-state index in [0.717, 1.165) is 11.0 Å². The predicted molar refractivity (Wildman–Crippen MR) is 79.7 cm³/mol. The van der Waals surface area contributed by atoms with Gasteiger partial charge in [0.1, 0.15) is 0 Å². The van der Waals surface area contributed by atoms with E-state index in [4.69, 9.17) is 0 Å². The van der Waals surface area contributed by atoms with Crippen molar-refractivity contribution in [3.8, 4) is 0 Å². The number of halogens is 1. The molecule has 0 radical (unpaired) electrons. The van der Waals surface area contributed by atoms with E-state index in [9.17, 15) is 0 Å². The third kappa shape index (κ3) is 3.79. The van der Waals surface area contributed by atoms with Gasteiger partial charge < -0.3 is 5.32 Å². The van der Waals surface area contributed by atoms with E-state index in [2.05, 4.69) is 76.0 Å². The third-order valence-corrected chi connectivity index (χ3v) is 3.73. The van der Waals surface area contributed by atoms with Gasteiger partial charge in [0.2, 0.25) is 0 Å². The van der Waals surface area contributed by atoms with Gasteiger partial charge in [0.25, 0.3) is 0 Å². The Labute approximate surface area is 115 Å². The highest BCUT2D eigenvalue weighted by Gasteiger charge is 1.96. The lowest BCUT2D eigenvalue weighted by atomic mass is 10.2. The van der Waals surface area contributed by atoms with Gasteiger partial charge in [-0.05, 0) is 42.2 Å². The minimum absolute atomic E-state index is 0.852. The van der Waals surface area contributed by atoms with Crippen LogP contribution in [0.3, 0.4) is 0 Å². The Morgan fingerprint density at radius 1 is 1.12 bits per heavy atom. The average molecular weight is 308 g/mol. The highest BCUT2D eigenvalue weighted by molar-refractivity contribution is 9.10. The summed E-state index contributed by atoms with van der Waals surface area (Å²) in [5.74, 6) is 0. The van der Waals surface area contributed by atoms with E-state index < -0.39 is 0 Å². The zero-order valence-corrected chi connectivity index (χ0v) is 12.0. The second-order valence-electron chi connectivity index (χ2n) is 3.71. The lowest BCUT2D eigenvalue weighted by Crippen LogP contribution is -1.98. The molecular weight excluding hydrogens is 294 g/mol. The fraction of sp³-hybridized carbons (Fsp3) is 0.143. The van der Waals surface area contributed by atoms with E-state index in [1.54, 1.807) is 11.8 Å². The molecule has 2 rings (SSSR count). The summed E-state index contributed by atoms with van der Waals surface area (Å²) in [6.45, 7) is 0.852. The highest BCUT2D eigenvalue weighted by Crippen LogP contribution is 2.19. The van der Waals surface area contributed by atoms with Crippen molar-refractivity contribution in [3.63, 3.8) is 0 Å². The van der Waals surface area contributed by atoms with Gasteiger partial charge in [-0.2, -0.15) is 0 Å². The van der Waals surface area contributed by atoms with Gasteiger partial charge >= 0.3 is 0 Å². The Kier molecular flexibility index (Phi) is 4.51. The SMILES string of the molecule is CSc1cccc(NCc2ccc(Br)cc2)c1. The number of rotatable bonds is 4. The molecule has 0 aliphatic carbocycles. The Morgan fingerprint density at radius 2 is 1.88 bits per heavy atom. The van der Waals surface area contributed by atoms with Crippen LogP contribution in [0, 0.1) is 0 Å². The Balaban J connectivity index is 1.99. The summed E-state index contributed by atoms with van der Waals surface area (Å²) in [6.07, 6.45) is 2.09. The average Bonchev–Trinajstić information content (AvgIpc) is 2.38. The molecule has 0 amide bonds. The molecule has 2 aromatic rings.